The molecule has 0 bridgehead atoms. The third-order valence-electron chi connectivity index (χ3n) is 1.82. The van der Waals surface area contributed by atoms with Gasteiger partial charge in [-0.05, 0) is 19.1 Å². The lowest BCUT2D eigenvalue weighted by atomic mass is 10.3. The van der Waals surface area contributed by atoms with E-state index in [1.165, 1.54) is 0 Å². The third-order valence-corrected chi connectivity index (χ3v) is 1.82. The molecule has 0 aromatic carbocycles. The number of aromatic nitrogens is 1. The Hall–Kier alpha value is -1.86. The number of hydrogen-bond acceptors (Lipinski definition) is 4. The third kappa shape index (κ3) is 4.11. The van der Waals surface area contributed by atoms with Crippen molar-refractivity contribution in [2.24, 2.45) is 0 Å². The van der Waals surface area contributed by atoms with Gasteiger partial charge in [0.2, 0.25) is 0 Å². The van der Waals surface area contributed by atoms with E-state index < -0.39 is 0 Å². The zero-order valence-electron chi connectivity index (χ0n) is 9.36. The summed E-state index contributed by atoms with van der Waals surface area (Å²) in [5, 5.41) is 11.9. The highest BCUT2D eigenvalue weighted by atomic mass is 16.5. The number of nitrogens with one attached hydrogen (secondary N) is 1. The first-order valence-electron chi connectivity index (χ1n) is 5.05. The lowest BCUT2D eigenvalue weighted by Crippen LogP contribution is -2.12. The van der Waals surface area contributed by atoms with Crippen LogP contribution in [0.4, 0.5) is 5.82 Å². The second-order valence-electron chi connectivity index (χ2n) is 3.45. The van der Waals surface area contributed by atoms with Crippen LogP contribution in [0.25, 0.3) is 0 Å². The Balaban J connectivity index is 2.32. The summed E-state index contributed by atoms with van der Waals surface area (Å²) in [6, 6.07) is 5.54. The van der Waals surface area contributed by atoms with E-state index >= 15 is 0 Å². The number of ether oxygens (including phenoxy) is 1. The zero-order valence-corrected chi connectivity index (χ0v) is 9.36. The van der Waals surface area contributed by atoms with E-state index in [0.29, 0.717) is 31.1 Å². The van der Waals surface area contributed by atoms with Gasteiger partial charge < -0.3 is 10.1 Å². The molecule has 0 saturated carbocycles. The van der Waals surface area contributed by atoms with Gasteiger partial charge in [-0.15, -0.1) is 0 Å². The smallest absolute Gasteiger partial charge is 0.143 e. The van der Waals surface area contributed by atoms with E-state index in [1.807, 2.05) is 6.92 Å². The highest BCUT2D eigenvalue weighted by Gasteiger charge is 2.00. The molecule has 0 saturated heterocycles. The average Bonchev–Trinajstić information content (AvgIpc) is 2.29. The van der Waals surface area contributed by atoms with Gasteiger partial charge in [0.15, 0.2) is 0 Å². The lowest BCUT2D eigenvalue weighted by molar-refractivity contribution is 0.167. The quantitative estimate of drug-likeness (QED) is 0.584. The van der Waals surface area contributed by atoms with Gasteiger partial charge in [-0.2, -0.15) is 5.26 Å². The van der Waals surface area contributed by atoms with Crippen LogP contribution in [0.3, 0.4) is 0 Å². The van der Waals surface area contributed by atoms with Gasteiger partial charge in [0.25, 0.3) is 0 Å². The molecule has 84 valence electrons. The number of rotatable bonds is 6. The molecule has 0 radical (unpaired) electrons. The molecular weight excluding hydrogens is 202 g/mol. The van der Waals surface area contributed by atoms with Gasteiger partial charge in [0.05, 0.1) is 18.8 Å². The largest absolute Gasteiger partial charge is 0.375 e. The van der Waals surface area contributed by atoms with E-state index in [9.17, 15) is 0 Å². The highest BCUT2D eigenvalue weighted by molar-refractivity contribution is 5.50. The number of nitrogens with zero attached hydrogens (tertiary/aromatic N) is 2. The molecule has 1 heterocycles. The average molecular weight is 217 g/mol. The van der Waals surface area contributed by atoms with Gasteiger partial charge in [-0.25, -0.2) is 4.98 Å². The van der Waals surface area contributed by atoms with Gasteiger partial charge in [-0.3, -0.25) is 0 Å². The molecule has 0 spiro atoms. The van der Waals surface area contributed by atoms with Crippen molar-refractivity contribution in [3.63, 3.8) is 0 Å². The summed E-state index contributed by atoms with van der Waals surface area (Å²) >= 11 is 0. The molecule has 1 rings (SSSR count). The lowest BCUT2D eigenvalue weighted by Gasteiger charge is -2.07. The fourth-order valence-corrected chi connectivity index (χ4v) is 1.12. The second kappa shape index (κ2) is 6.59. The monoisotopic (exact) mass is 217 g/mol. The summed E-state index contributed by atoms with van der Waals surface area (Å²) in [6.07, 6.45) is 1.65. The topological polar surface area (TPSA) is 57.9 Å². The minimum absolute atomic E-state index is 0.544. The summed E-state index contributed by atoms with van der Waals surface area (Å²) in [5.74, 6) is 0.601. The van der Waals surface area contributed by atoms with Crippen LogP contribution in [0, 0.1) is 11.3 Å². The SMILES string of the molecule is C=C(C)COCCNc1ncccc1C#N. The number of nitriles is 1. The van der Waals surface area contributed by atoms with Crippen LogP contribution in [0.5, 0.6) is 0 Å². The molecule has 0 amide bonds. The maximum atomic E-state index is 8.82. The number of pyridine rings is 1. The molecule has 0 atom stereocenters. The Morgan fingerprint density at radius 3 is 3.19 bits per heavy atom. The van der Waals surface area contributed by atoms with E-state index in [1.54, 1.807) is 18.3 Å². The van der Waals surface area contributed by atoms with Crippen LogP contribution in [0.15, 0.2) is 30.5 Å². The first kappa shape index (κ1) is 12.2. The molecule has 1 aromatic heterocycles. The van der Waals surface area contributed by atoms with Crippen LogP contribution in [-0.2, 0) is 4.74 Å². The molecule has 0 aliphatic heterocycles. The molecule has 1 N–H and O–H groups in total. The van der Waals surface area contributed by atoms with Gasteiger partial charge in [0, 0.05) is 12.7 Å². The van der Waals surface area contributed by atoms with E-state index in [-0.39, 0.29) is 0 Å². The predicted molar refractivity (Wildman–Crippen MR) is 63.1 cm³/mol. The second-order valence-corrected chi connectivity index (χ2v) is 3.45. The predicted octanol–water partition coefficient (Wildman–Crippen LogP) is 1.96. The number of anilines is 1. The van der Waals surface area contributed by atoms with Crippen LogP contribution >= 0.6 is 0 Å². The molecular formula is C12H15N3O. The van der Waals surface area contributed by atoms with Crippen LogP contribution in [0.1, 0.15) is 12.5 Å². The van der Waals surface area contributed by atoms with Crippen molar-refractivity contribution in [2.75, 3.05) is 25.1 Å². The van der Waals surface area contributed by atoms with Crippen LogP contribution in [-0.4, -0.2) is 24.7 Å². The van der Waals surface area contributed by atoms with Crippen LogP contribution < -0.4 is 5.32 Å². The van der Waals surface area contributed by atoms with Gasteiger partial charge in [0.1, 0.15) is 11.9 Å². The molecule has 0 aliphatic rings. The summed E-state index contributed by atoms with van der Waals surface area (Å²) < 4.78 is 5.32. The molecule has 0 unspecified atom stereocenters. The van der Waals surface area contributed by atoms with E-state index in [4.69, 9.17) is 10.00 Å². The fraction of sp³-hybridized carbons (Fsp3) is 0.333. The molecule has 4 heteroatoms. The zero-order chi connectivity index (χ0) is 11.8. The summed E-state index contributed by atoms with van der Waals surface area (Å²) in [7, 11) is 0. The maximum absolute atomic E-state index is 8.82. The molecule has 4 nitrogen and oxygen atoms in total. The van der Waals surface area contributed by atoms with E-state index in [0.717, 1.165) is 5.57 Å². The Morgan fingerprint density at radius 1 is 1.69 bits per heavy atom. The summed E-state index contributed by atoms with van der Waals surface area (Å²) in [5.41, 5.74) is 1.54. The van der Waals surface area contributed by atoms with Crippen molar-refractivity contribution >= 4 is 5.82 Å². The van der Waals surface area contributed by atoms with Gasteiger partial charge in [-0.1, -0.05) is 12.2 Å². The van der Waals surface area contributed by atoms with Crippen molar-refractivity contribution in [1.82, 2.24) is 4.98 Å². The van der Waals surface area contributed by atoms with Crippen molar-refractivity contribution in [3.05, 3.63) is 36.0 Å². The van der Waals surface area contributed by atoms with Crippen molar-refractivity contribution in [3.8, 4) is 6.07 Å². The first-order chi connectivity index (χ1) is 7.74. The molecule has 0 fully saturated rings. The Kier molecular flexibility index (Phi) is 5.03. The Labute approximate surface area is 95.6 Å². The van der Waals surface area contributed by atoms with E-state index in [2.05, 4.69) is 22.9 Å². The number of hydrogen-bond donors (Lipinski definition) is 1. The molecule has 0 aliphatic carbocycles. The van der Waals surface area contributed by atoms with Crippen molar-refractivity contribution < 1.29 is 4.74 Å². The minimum Gasteiger partial charge on any atom is -0.375 e. The highest BCUT2D eigenvalue weighted by Crippen LogP contribution is 2.08. The maximum Gasteiger partial charge on any atom is 0.143 e. The summed E-state index contributed by atoms with van der Waals surface area (Å²) in [6.45, 7) is 7.41. The molecule has 16 heavy (non-hydrogen) atoms. The normalized spacial score (nSPS) is 9.50. The minimum atomic E-state index is 0.544. The van der Waals surface area contributed by atoms with Crippen molar-refractivity contribution in [2.45, 2.75) is 6.92 Å². The van der Waals surface area contributed by atoms with Crippen LogP contribution in [0.2, 0.25) is 0 Å². The first-order valence-corrected chi connectivity index (χ1v) is 5.05. The Bertz CT molecular complexity index is 395. The molecule has 1 aromatic rings. The van der Waals surface area contributed by atoms with Gasteiger partial charge >= 0.3 is 0 Å². The van der Waals surface area contributed by atoms with Crippen molar-refractivity contribution in [1.29, 1.82) is 5.26 Å². The Morgan fingerprint density at radius 2 is 2.50 bits per heavy atom. The fourth-order valence-electron chi connectivity index (χ4n) is 1.12. The summed E-state index contributed by atoms with van der Waals surface area (Å²) in [4.78, 5) is 4.08. The standard InChI is InChI=1S/C12H15N3O/c1-10(2)9-16-7-6-15-12-11(8-13)4-3-5-14-12/h3-5H,1,6-7,9H2,2H3,(H,14,15).